The first-order valence-corrected chi connectivity index (χ1v) is 40.2. The summed E-state index contributed by atoms with van der Waals surface area (Å²) >= 11 is 0. The van der Waals surface area contributed by atoms with Gasteiger partial charge >= 0.3 is 29.9 Å². The van der Waals surface area contributed by atoms with Crippen molar-refractivity contribution in [2.45, 2.75) is 293 Å². The van der Waals surface area contributed by atoms with Crippen LogP contribution in [0.5, 0.6) is 11.8 Å². The first kappa shape index (κ1) is 86.0. The van der Waals surface area contributed by atoms with Crippen molar-refractivity contribution in [3.63, 3.8) is 0 Å². The van der Waals surface area contributed by atoms with Crippen molar-refractivity contribution in [1.29, 1.82) is 5.26 Å². The Morgan fingerprint density at radius 2 is 0.817 bits per heavy atom. The molecule has 0 aliphatic carbocycles. The van der Waals surface area contributed by atoms with Gasteiger partial charge < -0.3 is 35.5 Å². The van der Waals surface area contributed by atoms with Gasteiger partial charge in [-0.2, -0.15) is 50.0 Å². The maximum atomic E-state index is 14.0. The molecular weight excluding hydrogens is 1380 g/mol. The third kappa shape index (κ3) is 25.7. The summed E-state index contributed by atoms with van der Waals surface area (Å²) in [7, 11) is 0. The van der Waals surface area contributed by atoms with E-state index >= 15 is 0 Å². The second-order valence-electron chi connectivity index (χ2n) is 27.7. The van der Waals surface area contributed by atoms with Crippen LogP contribution in [0.25, 0.3) is 28.1 Å². The molecule has 5 N–H and O–H groups in total. The smallest absolute Gasteiger partial charge is 0.338 e. The molecular formula is C81H115N19O9. The summed E-state index contributed by atoms with van der Waals surface area (Å²) in [4.78, 5) is 72.6. The van der Waals surface area contributed by atoms with E-state index in [1.807, 2.05) is 27.7 Å². The molecule has 0 atom stereocenters. The predicted octanol–water partition coefficient (Wildman–Crippen LogP) is 20.3. The number of nitrogens with two attached hydrogens (primary N) is 2. The number of aromatic nitrogens is 11. The van der Waals surface area contributed by atoms with Crippen LogP contribution in [0, 0.1) is 17.9 Å². The highest BCUT2D eigenvalue weighted by Gasteiger charge is 2.29. The maximum Gasteiger partial charge on any atom is 0.338 e. The topological polar surface area (TPSA) is 365 Å². The first-order chi connectivity index (χ1) is 53.1. The van der Waals surface area contributed by atoms with Crippen LogP contribution >= 0.6 is 0 Å². The Labute approximate surface area is 642 Å². The molecule has 0 unspecified atom stereocenters. The number of nitrogen functional groups attached to an aromatic ring is 2. The number of carbonyl (C=O) groups is 4. The zero-order valence-corrected chi connectivity index (χ0v) is 65.7. The summed E-state index contributed by atoms with van der Waals surface area (Å²) < 4.78 is 28.5. The Hall–Kier alpha value is -10.2. The van der Waals surface area contributed by atoms with Crippen LogP contribution in [0.4, 0.5) is 40.3 Å². The lowest BCUT2D eigenvalue weighted by molar-refractivity contribution is -0.134. The van der Waals surface area contributed by atoms with Gasteiger partial charge in [-0.15, -0.1) is 20.5 Å². The summed E-state index contributed by atoms with van der Waals surface area (Å²) in [5.41, 5.74) is 16.8. The average molecular weight is 1500 g/mol. The number of hydrogen-bond donors (Lipinski definition) is 3. The van der Waals surface area contributed by atoms with Gasteiger partial charge in [0, 0.05) is 12.5 Å². The summed E-state index contributed by atoms with van der Waals surface area (Å²) in [6.45, 7) is 25.8. The van der Waals surface area contributed by atoms with E-state index in [0.29, 0.717) is 99.8 Å². The number of benzene rings is 2. The summed E-state index contributed by atoms with van der Waals surface area (Å²) in [5, 5.41) is 60.8. The van der Waals surface area contributed by atoms with E-state index in [9.17, 15) is 29.5 Å². The minimum absolute atomic E-state index is 0.00728. The summed E-state index contributed by atoms with van der Waals surface area (Å²) in [6.07, 6.45) is 31.1. The summed E-state index contributed by atoms with van der Waals surface area (Å²) in [6, 6.07) is 10.7. The number of aromatic hydroxyl groups is 1. The Kier molecular flexibility index (Phi) is 37.0. The van der Waals surface area contributed by atoms with Gasteiger partial charge in [0.15, 0.2) is 34.6 Å². The Morgan fingerprint density at radius 1 is 0.450 bits per heavy atom. The van der Waals surface area contributed by atoms with Crippen molar-refractivity contribution in [1.82, 2.24) is 54.1 Å². The van der Waals surface area contributed by atoms with E-state index in [4.69, 9.17) is 82.8 Å². The summed E-state index contributed by atoms with van der Waals surface area (Å²) in [5.74, 6) is -3.06. The molecule has 588 valence electrons. The van der Waals surface area contributed by atoms with Crippen LogP contribution < -0.4 is 16.2 Å². The minimum atomic E-state index is -0.756. The molecule has 28 nitrogen and oxygen atoms in total. The van der Waals surface area contributed by atoms with E-state index in [1.54, 1.807) is 24.3 Å². The predicted molar refractivity (Wildman–Crippen MR) is 420 cm³/mol. The van der Waals surface area contributed by atoms with Crippen molar-refractivity contribution >= 4 is 64.2 Å². The van der Waals surface area contributed by atoms with Crippen molar-refractivity contribution in [3.8, 4) is 41.1 Å². The Balaban J connectivity index is 1.29. The van der Waals surface area contributed by atoms with Gasteiger partial charge in [0.25, 0.3) is 17.6 Å². The molecule has 5 aromatic heterocycles. The highest BCUT2D eigenvalue weighted by molar-refractivity contribution is 5.96. The zero-order valence-electron chi connectivity index (χ0n) is 65.7. The number of carbonyl (C=O) groups excluding carboxylic acids is 4. The molecule has 0 saturated carbocycles. The molecule has 0 aliphatic rings. The van der Waals surface area contributed by atoms with Gasteiger partial charge in [0.1, 0.15) is 17.4 Å². The number of rotatable bonds is 52. The zero-order chi connectivity index (χ0) is 78.3. The number of anilines is 2. The van der Waals surface area contributed by atoms with Gasteiger partial charge in [-0.1, -0.05) is 209 Å². The molecule has 0 amide bonds. The standard InChI is InChI=1S/C81H115N19O9/c1-10-18-26-30-34-38-46-68(101)109-62-54-59(78(104)108-49-41-37-33-29-21-13-4)53-61(55-62)97-74(63(56-82)64(93-97)42-22-14-5)91-89-69-65(43-23-15-6)95-99(72(69)83)79-86-80(88-81(105)87-79)100-73(84)70(66(96-100)44-24-16-7)90-92-75-71(85-9)67(45-25-17-8)94-98(75)60-51-57(76(102)106-47-39-35-31-27-19-11-2)50-58(52-60)77(103)107-48-40-36-32-28-20-12-3/h50-55H,10-49,83-84H2,1-8H3,(H,86,87,88,105). The minimum Gasteiger partial charge on any atom is -0.479 e. The van der Waals surface area contributed by atoms with Gasteiger partial charge in [0.05, 0.1) is 77.2 Å². The van der Waals surface area contributed by atoms with Crippen LogP contribution in [0.2, 0.25) is 0 Å². The van der Waals surface area contributed by atoms with E-state index in [0.717, 1.165) is 154 Å². The highest BCUT2D eigenvalue weighted by atomic mass is 16.5. The molecule has 5 heterocycles. The number of hydrogen-bond acceptors (Lipinski definition) is 23. The molecule has 28 heteroatoms. The van der Waals surface area contributed by atoms with Gasteiger partial charge in [-0.3, -0.25) is 4.79 Å². The quantitative estimate of drug-likeness (QED) is 0.00796. The lowest BCUT2D eigenvalue weighted by atomic mass is 10.1. The van der Waals surface area contributed by atoms with Crippen LogP contribution in [-0.4, -0.2) is 103 Å². The number of esters is 4. The van der Waals surface area contributed by atoms with Crippen LogP contribution in [0.3, 0.4) is 0 Å². The van der Waals surface area contributed by atoms with Crippen molar-refractivity contribution in [2.75, 3.05) is 31.3 Å². The van der Waals surface area contributed by atoms with Crippen LogP contribution in [-0.2, 0) is 44.7 Å². The third-order valence-electron chi connectivity index (χ3n) is 18.7. The Bertz CT molecular complexity index is 4160. The number of azo groups is 2. The molecule has 2 aromatic carbocycles. The lowest BCUT2D eigenvalue weighted by Gasteiger charge is -2.12. The normalized spacial score (nSPS) is 11.5. The second-order valence-corrected chi connectivity index (χ2v) is 27.7. The number of ether oxygens (including phenoxy) is 4. The first-order valence-electron chi connectivity index (χ1n) is 40.2. The molecule has 7 aromatic rings. The molecule has 0 saturated heterocycles. The van der Waals surface area contributed by atoms with Gasteiger partial charge in [0.2, 0.25) is 0 Å². The fraction of sp³-hybridized carbons (Fsp3) is 0.593. The molecule has 0 fully saturated rings. The second kappa shape index (κ2) is 46.9. The number of nitrogens with zero attached hydrogens (tertiary/aromatic N) is 17. The maximum absolute atomic E-state index is 14.0. The average Bonchev–Trinajstić information content (AvgIpc) is 1.65. The molecule has 0 aliphatic heterocycles. The van der Waals surface area contributed by atoms with Crippen LogP contribution in [0.15, 0.2) is 56.9 Å². The molecule has 109 heavy (non-hydrogen) atoms. The van der Waals surface area contributed by atoms with Crippen molar-refractivity contribution < 1.29 is 43.2 Å². The third-order valence-corrected chi connectivity index (χ3v) is 18.7. The Morgan fingerprint density at radius 3 is 1.26 bits per heavy atom. The molecule has 0 bridgehead atoms. The lowest BCUT2D eigenvalue weighted by Crippen LogP contribution is -2.13. The van der Waals surface area contributed by atoms with E-state index < -0.39 is 29.9 Å². The van der Waals surface area contributed by atoms with Gasteiger partial charge in [-0.25, -0.2) is 28.6 Å². The number of unbranched alkanes of at least 4 members (excludes halogenated alkanes) is 24. The van der Waals surface area contributed by atoms with Gasteiger partial charge in [-0.05, 0) is 107 Å². The van der Waals surface area contributed by atoms with E-state index in [1.165, 1.54) is 30.9 Å². The number of nitriles is 1. The molecule has 7 rings (SSSR count). The van der Waals surface area contributed by atoms with Crippen LogP contribution in [0.1, 0.15) is 327 Å². The monoisotopic (exact) mass is 1500 g/mol. The van der Waals surface area contributed by atoms with E-state index in [-0.39, 0.29) is 118 Å². The number of aryl methyl sites for hydroxylation is 4. The molecule has 0 spiro atoms. The van der Waals surface area contributed by atoms with E-state index in [2.05, 4.69) is 48.6 Å². The fourth-order valence-electron chi connectivity index (χ4n) is 12.4. The van der Waals surface area contributed by atoms with Crippen molar-refractivity contribution in [2.24, 2.45) is 20.5 Å². The highest BCUT2D eigenvalue weighted by Crippen LogP contribution is 2.41. The SMILES string of the molecule is [C-]#[N+]c1c(CCCC)nn(-c2cc(C(=O)OCCCCCCCC)cc(C(=O)OCCCCCCCC)c2)c1N=Nc1c(CCCC)nn(-c2nc(O)nc(-n3nc(CCCC)c(N=Nc4c(C#N)c(CCCC)nn4-c4cc(OC(=O)CCCCCCCC)cc(C(=O)OCCCCCCCC)c4)c3N)n2)c1N. The van der Waals surface area contributed by atoms with Crippen molar-refractivity contribution in [3.05, 3.63) is 92.8 Å². The largest absolute Gasteiger partial charge is 0.479 e. The molecule has 0 radical (unpaired) electrons. The fourth-order valence-corrected chi connectivity index (χ4v) is 12.4.